The van der Waals surface area contributed by atoms with E-state index in [0.717, 1.165) is 17.8 Å². The van der Waals surface area contributed by atoms with Gasteiger partial charge >= 0.3 is 0 Å². The van der Waals surface area contributed by atoms with E-state index in [0.29, 0.717) is 42.3 Å². The Morgan fingerprint density at radius 2 is 2.19 bits per heavy atom. The number of benzene rings is 1. The van der Waals surface area contributed by atoms with Crippen molar-refractivity contribution >= 4 is 0 Å². The predicted molar refractivity (Wildman–Crippen MR) is 101 cm³/mol. The van der Waals surface area contributed by atoms with Gasteiger partial charge in [-0.1, -0.05) is 12.1 Å². The third-order valence-electron chi connectivity index (χ3n) is 4.71. The maximum Gasteiger partial charge on any atom is 0.255 e. The molecule has 2 aromatic heterocycles. The van der Waals surface area contributed by atoms with Gasteiger partial charge in [-0.05, 0) is 29.8 Å². The minimum atomic E-state index is -0.117. The quantitative estimate of drug-likeness (QED) is 0.737. The van der Waals surface area contributed by atoms with Gasteiger partial charge in [0, 0.05) is 32.3 Å². The molecule has 138 valence electrons. The van der Waals surface area contributed by atoms with Crippen LogP contribution in [0.2, 0.25) is 0 Å². The highest BCUT2D eigenvalue weighted by Gasteiger charge is 2.22. The van der Waals surface area contributed by atoms with Gasteiger partial charge in [0.15, 0.2) is 17.3 Å². The first-order chi connectivity index (χ1) is 13.1. The lowest BCUT2D eigenvalue weighted by molar-refractivity contribution is 0.241. The van der Waals surface area contributed by atoms with Gasteiger partial charge in [0.25, 0.3) is 5.56 Å². The van der Waals surface area contributed by atoms with Crippen LogP contribution >= 0.6 is 0 Å². The van der Waals surface area contributed by atoms with Crippen molar-refractivity contribution < 1.29 is 9.84 Å². The number of phenols is 1. The fraction of sp³-hybridized carbons (Fsp3) is 0.250. The van der Waals surface area contributed by atoms with E-state index < -0.39 is 0 Å². The van der Waals surface area contributed by atoms with E-state index in [4.69, 9.17) is 4.74 Å². The molecule has 0 atom stereocenters. The molecule has 0 saturated carbocycles. The standard InChI is InChI=1S/C20H20N4O3/c1-27-18-10-13(5-6-17(18)25)11-24-9-7-15-14(12-24)20(26)23-19(22-15)16-4-2-3-8-21-16/h2-6,8,10,25H,7,9,11-12H2,1H3,(H,22,23,26). The van der Waals surface area contributed by atoms with Gasteiger partial charge in [0.2, 0.25) is 0 Å². The fourth-order valence-corrected chi connectivity index (χ4v) is 3.32. The Labute approximate surface area is 156 Å². The maximum absolute atomic E-state index is 12.6. The number of nitrogens with zero attached hydrogens (tertiary/aromatic N) is 3. The van der Waals surface area contributed by atoms with Crippen LogP contribution in [-0.4, -0.2) is 38.6 Å². The Kier molecular flexibility index (Phi) is 4.60. The van der Waals surface area contributed by atoms with Crippen LogP contribution in [0.1, 0.15) is 16.8 Å². The van der Waals surface area contributed by atoms with Crippen LogP contribution in [0.25, 0.3) is 11.5 Å². The molecule has 7 heteroatoms. The number of aromatic hydroxyl groups is 1. The van der Waals surface area contributed by atoms with E-state index >= 15 is 0 Å². The number of H-pyrrole nitrogens is 1. The molecule has 4 rings (SSSR count). The van der Waals surface area contributed by atoms with Crippen molar-refractivity contribution in [3.63, 3.8) is 0 Å². The zero-order valence-corrected chi connectivity index (χ0v) is 15.0. The summed E-state index contributed by atoms with van der Waals surface area (Å²) < 4.78 is 5.17. The molecule has 1 aromatic carbocycles. The van der Waals surface area contributed by atoms with E-state index in [9.17, 15) is 9.90 Å². The van der Waals surface area contributed by atoms with Gasteiger partial charge < -0.3 is 14.8 Å². The molecule has 0 saturated heterocycles. The fourth-order valence-electron chi connectivity index (χ4n) is 3.32. The predicted octanol–water partition coefficient (Wildman–Crippen LogP) is 2.10. The van der Waals surface area contributed by atoms with E-state index in [1.54, 1.807) is 12.3 Å². The van der Waals surface area contributed by atoms with Crippen LogP contribution in [0.3, 0.4) is 0 Å². The normalized spacial score (nSPS) is 14.0. The zero-order chi connectivity index (χ0) is 18.8. The first-order valence-electron chi connectivity index (χ1n) is 8.76. The SMILES string of the molecule is COc1cc(CN2CCc3nc(-c4ccccn4)[nH]c(=O)c3C2)ccc1O. The second-order valence-corrected chi connectivity index (χ2v) is 6.52. The van der Waals surface area contributed by atoms with Gasteiger partial charge in [-0.15, -0.1) is 0 Å². The Morgan fingerprint density at radius 3 is 2.96 bits per heavy atom. The number of pyridine rings is 1. The Morgan fingerprint density at radius 1 is 1.30 bits per heavy atom. The number of hydrogen-bond acceptors (Lipinski definition) is 6. The highest BCUT2D eigenvalue weighted by Crippen LogP contribution is 2.27. The molecule has 0 bridgehead atoms. The van der Waals surface area contributed by atoms with Crippen LogP contribution in [-0.2, 0) is 19.5 Å². The summed E-state index contributed by atoms with van der Waals surface area (Å²) in [6.07, 6.45) is 2.39. The van der Waals surface area contributed by atoms with Gasteiger partial charge in [0.05, 0.1) is 18.4 Å². The molecule has 1 aliphatic rings. The molecule has 0 aliphatic carbocycles. The van der Waals surface area contributed by atoms with Gasteiger partial charge in [0.1, 0.15) is 5.69 Å². The molecular formula is C20H20N4O3. The van der Waals surface area contributed by atoms with Crippen LogP contribution in [0, 0.1) is 0 Å². The molecule has 0 radical (unpaired) electrons. The number of aromatic amines is 1. The summed E-state index contributed by atoms with van der Waals surface area (Å²) in [5, 5.41) is 9.73. The molecule has 0 fully saturated rings. The molecule has 27 heavy (non-hydrogen) atoms. The van der Waals surface area contributed by atoms with Crippen LogP contribution in [0.4, 0.5) is 0 Å². The smallest absolute Gasteiger partial charge is 0.255 e. The molecule has 3 heterocycles. The number of aromatic nitrogens is 3. The summed E-state index contributed by atoms with van der Waals surface area (Å²) in [4.78, 5) is 26.5. The highest BCUT2D eigenvalue weighted by atomic mass is 16.5. The third-order valence-corrected chi connectivity index (χ3v) is 4.71. The second kappa shape index (κ2) is 7.20. The van der Waals surface area contributed by atoms with E-state index in [-0.39, 0.29) is 11.3 Å². The van der Waals surface area contributed by atoms with Crippen LogP contribution in [0.15, 0.2) is 47.4 Å². The average molecular weight is 364 g/mol. The number of hydrogen-bond donors (Lipinski definition) is 2. The minimum absolute atomic E-state index is 0.117. The maximum atomic E-state index is 12.6. The van der Waals surface area contributed by atoms with Gasteiger partial charge in [-0.3, -0.25) is 14.7 Å². The van der Waals surface area contributed by atoms with Crippen LogP contribution < -0.4 is 10.3 Å². The van der Waals surface area contributed by atoms with Gasteiger partial charge in [-0.25, -0.2) is 4.98 Å². The topological polar surface area (TPSA) is 91.3 Å². The van der Waals surface area contributed by atoms with E-state index in [1.807, 2.05) is 30.3 Å². The van der Waals surface area contributed by atoms with Crippen molar-refractivity contribution in [1.29, 1.82) is 0 Å². The summed E-state index contributed by atoms with van der Waals surface area (Å²) >= 11 is 0. The van der Waals surface area contributed by atoms with Crippen molar-refractivity contribution in [2.45, 2.75) is 19.5 Å². The van der Waals surface area contributed by atoms with Crippen LogP contribution in [0.5, 0.6) is 11.5 Å². The monoisotopic (exact) mass is 364 g/mol. The Hall–Kier alpha value is -3.19. The molecule has 7 nitrogen and oxygen atoms in total. The minimum Gasteiger partial charge on any atom is -0.504 e. The van der Waals surface area contributed by atoms with Gasteiger partial charge in [-0.2, -0.15) is 0 Å². The Bertz CT molecular complexity index is 1020. The van der Waals surface area contributed by atoms with E-state index in [2.05, 4.69) is 19.9 Å². The zero-order valence-electron chi connectivity index (χ0n) is 15.0. The first kappa shape index (κ1) is 17.2. The average Bonchev–Trinajstić information content (AvgIpc) is 2.70. The molecule has 1 aliphatic heterocycles. The number of fused-ring (bicyclic) bond motifs is 1. The third kappa shape index (κ3) is 3.54. The lowest BCUT2D eigenvalue weighted by atomic mass is 10.1. The summed E-state index contributed by atoms with van der Waals surface area (Å²) in [6.45, 7) is 2.00. The van der Waals surface area contributed by atoms with Crippen molar-refractivity contribution in [3.8, 4) is 23.0 Å². The summed E-state index contributed by atoms with van der Waals surface area (Å²) in [6, 6.07) is 10.8. The summed E-state index contributed by atoms with van der Waals surface area (Å²) in [7, 11) is 1.53. The number of methoxy groups -OCH3 is 1. The number of phenolic OH excluding ortho intramolecular Hbond substituents is 1. The lowest BCUT2D eigenvalue weighted by Gasteiger charge is -2.27. The second-order valence-electron chi connectivity index (χ2n) is 6.52. The molecule has 3 aromatic rings. The largest absolute Gasteiger partial charge is 0.504 e. The molecule has 0 amide bonds. The van der Waals surface area contributed by atoms with E-state index in [1.165, 1.54) is 7.11 Å². The van der Waals surface area contributed by atoms with Crippen molar-refractivity contribution in [2.75, 3.05) is 13.7 Å². The van der Waals surface area contributed by atoms with Crippen molar-refractivity contribution in [1.82, 2.24) is 19.9 Å². The number of rotatable bonds is 4. The molecular weight excluding hydrogens is 344 g/mol. The van der Waals surface area contributed by atoms with Crippen molar-refractivity contribution in [2.24, 2.45) is 0 Å². The molecule has 0 spiro atoms. The summed E-state index contributed by atoms with van der Waals surface area (Å²) in [5.74, 6) is 1.08. The first-order valence-corrected chi connectivity index (χ1v) is 8.76. The lowest BCUT2D eigenvalue weighted by Crippen LogP contribution is -2.35. The Balaban J connectivity index is 1.56. The highest BCUT2D eigenvalue weighted by molar-refractivity contribution is 5.49. The van der Waals surface area contributed by atoms with Crippen molar-refractivity contribution in [3.05, 3.63) is 69.8 Å². The molecule has 2 N–H and O–H groups in total. The molecule has 0 unspecified atom stereocenters. The number of ether oxygens (including phenoxy) is 1. The summed E-state index contributed by atoms with van der Waals surface area (Å²) in [5.41, 5.74) is 3.10. The number of nitrogens with one attached hydrogen (secondary N) is 1.